The SMILES string of the molecule is CCN(CC)S(=O)(=O)c1ccc(C(=O)NC[C@@H]2C[NH+](CC(C)C)CCO2)cc1. The Morgan fingerprint density at radius 3 is 2.46 bits per heavy atom. The Kier molecular flexibility index (Phi) is 8.42. The summed E-state index contributed by atoms with van der Waals surface area (Å²) in [5.74, 6) is 0.417. The third kappa shape index (κ3) is 6.01. The lowest BCUT2D eigenvalue weighted by atomic mass is 10.1. The second-order valence-corrected chi connectivity index (χ2v) is 9.56. The fraction of sp³-hybridized carbons (Fsp3) is 0.650. The molecule has 2 N–H and O–H groups in total. The van der Waals surface area contributed by atoms with Gasteiger partial charge in [0.25, 0.3) is 5.91 Å². The van der Waals surface area contributed by atoms with Crippen LogP contribution in [0.15, 0.2) is 29.2 Å². The maximum Gasteiger partial charge on any atom is 0.251 e. The van der Waals surface area contributed by atoms with Crippen LogP contribution >= 0.6 is 0 Å². The first-order chi connectivity index (χ1) is 13.3. The Morgan fingerprint density at radius 1 is 1.25 bits per heavy atom. The molecule has 1 unspecified atom stereocenters. The molecule has 1 amide bonds. The van der Waals surface area contributed by atoms with E-state index < -0.39 is 10.0 Å². The van der Waals surface area contributed by atoms with Crippen LogP contribution in [-0.4, -0.2) is 70.6 Å². The molecule has 0 aromatic heterocycles. The molecule has 2 atom stereocenters. The first kappa shape index (κ1) is 22.8. The summed E-state index contributed by atoms with van der Waals surface area (Å²) in [6.45, 7) is 13.0. The summed E-state index contributed by atoms with van der Waals surface area (Å²) in [4.78, 5) is 14.1. The van der Waals surface area contributed by atoms with E-state index in [1.807, 2.05) is 0 Å². The van der Waals surface area contributed by atoms with Crippen LogP contribution < -0.4 is 10.2 Å². The number of morpholine rings is 1. The summed E-state index contributed by atoms with van der Waals surface area (Å²) in [5, 5.41) is 2.91. The Hall–Kier alpha value is -1.48. The van der Waals surface area contributed by atoms with Crippen LogP contribution in [0.25, 0.3) is 0 Å². The lowest BCUT2D eigenvalue weighted by molar-refractivity contribution is -0.914. The number of hydrogen-bond donors (Lipinski definition) is 2. The average Bonchev–Trinajstić information content (AvgIpc) is 2.67. The first-order valence-corrected chi connectivity index (χ1v) is 11.6. The molecule has 28 heavy (non-hydrogen) atoms. The highest BCUT2D eigenvalue weighted by Gasteiger charge is 2.25. The predicted octanol–water partition coefficient (Wildman–Crippen LogP) is 0.387. The molecule has 0 aliphatic carbocycles. The van der Waals surface area contributed by atoms with Crippen molar-refractivity contribution < 1.29 is 22.8 Å². The van der Waals surface area contributed by atoms with Crippen molar-refractivity contribution >= 4 is 15.9 Å². The number of ether oxygens (including phenoxy) is 1. The summed E-state index contributed by atoms with van der Waals surface area (Å²) >= 11 is 0. The minimum atomic E-state index is -3.51. The molecule has 158 valence electrons. The normalized spacial score (nSPS) is 20.5. The molecule has 7 nitrogen and oxygen atoms in total. The minimum absolute atomic E-state index is 0.00812. The van der Waals surface area contributed by atoms with Gasteiger partial charge in [0.15, 0.2) is 0 Å². The minimum Gasteiger partial charge on any atom is -0.365 e. The Labute approximate surface area is 169 Å². The lowest BCUT2D eigenvalue weighted by Gasteiger charge is -2.31. The van der Waals surface area contributed by atoms with Gasteiger partial charge in [0.1, 0.15) is 19.2 Å². The molecule has 0 radical (unpaired) electrons. The van der Waals surface area contributed by atoms with Crippen molar-refractivity contribution in [1.82, 2.24) is 9.62 Å². The highest BCUT2D eigenvalue weighted by Crippen LogP contribution is 2.16. The Balaban J connectivity index is 1.93. The topological polar surface area (TPSA) is 80.2 Å². The smallest absolute Gasteiger partial charge is 0.251 e. The zero-order chi connectivity index (χ0) is 20.7. The van der Waals surface area contributed by atoms with Gasteiger partial charge in [-0.05, 0) is 24.3 Å². The number of quaternary nitrogens is 1. The van der Waals surface area contributed by atoms with Gasteiger partial charge in [0.2, 0.25) is 10.0 Å². The zero-order valence-corrected chi connectivity index (χ0v) is 18.2. The van der Waals surface area contributed by atoms with E-state index in [0.29, 0.717) is 37.7 Å². The first-order valence-electron chi connectivity index (χ1n) is 10.1. The van der Waals surface area contributed by atoms with E-state index in [0.717, 1.165) is 19.6 Å². The van der Waals surface area contributed by atoms with E-state index in [9.17, 15) is 13.2 Å². The van der Waals surface area contributed by atoms with Gasteiger partial charge in [-0.2, -0.15) is 4.31 Å². The van der Waals surface area contributed by atoms with Crippen molar-refractivity contribution in [2.45, 2.75) is 38.7 Å². The van der Waals surface area contributed by atoms with Gasteiger partial charge in [-0.3, -0.25) is 4.79 Å². The summed E-state index contributed by atoms with van der Waals surface area (Å²) in [6.07, 6.45) is 0.00812. The molecule has 1 aromatic carbocycles. The molecule has 2 rings (SSSR count). The monoisotopic (exact) mass is 412 g/mol. The third-order valence-corrected chi connectivity index (χ3v) is 7.04. The number of sulfonamides is 1. The summed E-state index contributed by atoms with van der Waals surface area (Å²) in [5.41, 5.74) is 0.445. The average molecular weight is 413 g/mol. The quantitative estimate of drug-likeness (QED) is 0.615. The molecular formula is C20H34N3O4S+. The van der Waals surface area contributed by atoms with E-state index in [4.69, 9.17) is 4.74 Å². The van der Waals surface area contributed by atoms with Crippen molar-refractivity contribution in [3.8, 4) is 0 Å². The molecule has 0 spiro atoms. The third-order valence-electron chi connectivity index (χ3n) is 4.97. The molecule has 1 aromatic rings. The predicted molar refractivity (Wildman–Crippen MR) is 109 cm³/mol. The second kappa shape index (κ2) is 10.3. The molecular weight excluding hydrogens is 378 g/mol. The summed E-state index contributed by atoms with van der Waals surface area (Å²) < 4.78 is 32.2. The maximum absolute atomic E-state index is 12.5. The Bertz CT molecular complexity index is 730. The van der Waals surface area contributed by atoms with Crippen molar-refractivity contribution in [2.24, 2.45) is 5.92 Å². The van der Waals surface area contributed by atoms with Crippen LogP contribution in [-0.2, 0) is 14.8 Å². The van der Waals surface area contributed by atoms with E-state index in [1.54, 1.807) is 26.0 Å². The van der Waals surface area contributed by atoms with Crippen LogP contribution in [0, 0.1) is 5.92 Å². The number of rotatable bonds is 9. The highest BCUT2D eigenvalue weighted by atomic mass is 32.2. The van der Waals surface area contributed by atoms with E-state index in [2.05, 4.69) is 19.2 Å². The van der Waals surface area contributed by atoms with E-state index in [-0.39, 0.29) is 16.9 Å². The van der Waals surface area contributed by atoms with Crippen LogP contribution in [0.5, 0.6) is 0 Å². The van der Waals surface area contributed by atoms with Gasteiger partial charge in [-0.1, -0.05) is 27.7 Å². The standard InChI is InChI=1S/C20H33N3O4S/c1-5-23(6-2)28(25,26)19-9-7-17(8-10-19)20(24)21-13-18-15-22(11-12-27-18)14-16(3)4/h7-10,16,18H,5-6,11-15H2,1-4H3,(H,21,24)/p+1/t18-/m1/s1. The number of carbonyl (C=O) groups is 1. The van der Waals surface area contributed by atoms with Crippen LogP contribution in [0.2, 0.25) is 0 Å². The largest absolute Gasteiger partial charge is 0.365 e. The van der Waals surface area contributed by atoms with E-state index >= 15 is 0 Å². The molecule has 1 saturated heterocycles. The fourth-order valence-electron chi connectivity index (χ4n) is 3.55. The summed E-state index contributed by atoms with van der Waals surface area (Å²) in [6, 6.07) is 6.11. The highest BCUT2D eigenvalue weighted by molar-refractivity contribution is 7.89. The van der Waals surface area contributed by atoms with Gasteiger partial charge in [0, 0.05) is 31.1 Å². The second-order valence-electron chi connectivity index (χ2n) is 7.62. The van der Waals surface area contributed by atoms with Crippen molar-refractivity contribution in [1.29, 1.82) is 0 Å². The summed E-state index contributed by atoms with van der Waals surface area (Å²) in [7, 11) is -3.51. The van der Waals surface area contributed by atoms with Gasteiger partial charge < -0.3 is 15.0 Å². The van der Waals surface area contributed by atoms with E-state index in [1.165, 1.54) is 21.3 Å². The van der Waals surface area contributed by atoms with Gasteiger partial charge in [-0.25, -0.2) is 8.42 Å². The molecule has 1 heterocycles. The molecule has 0 bridgehead atoms. The fourth-order valence-corrected chi connectivity index (χ4v) is 5.00. The van der Waals surface area contributed by atoms with Gasteiger partial charge >= 0.3 is 0 Å². The van der Waals surface area contributed by atoms with Gasteiger partial charge in [-0.15, -0.1) is 0 Å². The Morgan fingerprint density at radius 2 is 1.89 bits per heavy atom. The molecule has 1 aliphatic rings. The molecule has 0 saturated carbocycles. The van der Waals surface area contributed by atoms with Crippen molar-refractivity contribution in [3.63, 3.8) is 0 Å². The van der Waals surface area contributed by atoms with Crippen LogP contribution in [0.1, 0.15) is 38.1 Å². The molecule has 1 fully saturated rings. The van der Waals surface area contributed by atoms with Crippen molar-refractivity contribution in [3.05, 3.63) is 29.8 Å². The molecule has 8 heteroatoms. The van der Waals surface area contributed by atoms with Crippen LogP contribution in [0.3, 0.4) is 0 Å². The number of hydrogen-bond acceptors (Lipinski definition) is 4. The van der Waals surface area contributed by atoms with Gasteiger partial charge in [0.05, 0.1) is 18.0 Å². The number of nitrogens with zero attached hydrogens (tertiary/aromatic N) is 1. The zero-order valence-electron chi connectivity index (χ0n) is 17.4. The maximum atomic E-state index is 12.5. The number of nitrogens with one attached hydrogen (secondary N) is 2. The van der Waals surface area contributed by atoms with Crippen LogP contribution in [0.4, 0.5) is 0 Å². The molecule has 1 aliphatic heterocycles. The number of benzene rings is 1. The lowest BCUT2D eigenvalue weighted by Crippen LogP contribution is -3.15. The number of amides is 1. The number of carbonyl (C=O) groups excluding carboxylic acids is 1. The van der Waals surface area contributed by atoms with Crippen molar-refractivity contribution in [2.75, 3.05) is 45.9 Å².